The number of carbonyl (C=O) groups excluding carboxylic acids is 1. The Morgan fingerprint density at radius 2 is 1.47 bits per heavy atom. The number of nitrogens with one attached hydrogen (secondary N) is 1. The Morgan fingerprint density at radius 3 is 2.27 bits per heavy atom. The molecule has 3 aromatic carbocycles. The van der Waals surface area contributed by atoms with Gasteiger partial charge in [-0.2, -0.15) is 0 Å². The number of amides is 1. The molecule has 3 aromatic rings. The summed E-state index contributed by atoms with van der Waals surface area (Å²) in [6.45, 7) is 6.46. The topological polar surface area (TPSA) is 44.8 Å². The maximum Gasteiger partial charge on any atom is 0.225 e. The van der Waals surface area contributed by atoms with Gasteiger partial charge < -0.3 is 15.0 Å². The van der Waals surface area contributed by atoms with E-state index in [9.17, 15) is 4.79 Å². The van der Waals surface area contributed by atoms with Gasteiger partial charge in [-0.25, -0.2) is 0 Å². The SMILES string of the molecule is O=C(CCN1CCN(CCOc2ccccc2)CC1)Nc1cccc2ccccc12. The van der Waals surface area contributed by atoms with E-state index in [1.54, 1.807) is 0 Å². The van der Waals surface area contributed by atoms with Crippen molar-refractivity contribution in [2.75, 3.05) is 51.2 Å². The average molecular weight is 404 g/mol. The lowest BCUT2D eigenvalue weighted by molar-refractivity contribution is -0.116. The van der Waals surface area contributed by atoms with Crippen molar-refractivity contribution in [3.05, 3.63) is 72.8 Å². The summed E-state index contributed by atoms with van der Waals surface area (Å²) >= 11 is 0. The summed E-state index contributed by atoms with van der Waals surface area (Å²) in [5, 5.41) is 5.31. The highest BCUT2D eigenvalue weighted by molar-refractivity contribution is 6.02. The van der Waals surface area contributed by atoms with Crippen LogP contribution in [0, 0.1) is 0 Å². The van der Waals surface area contributed by atoms with E-state index in [0.29, 0.717) is 13.0 Å². The van der Waals surface area contributed by atoms with E-state index in [2.05, 4.69) is 27.2 Å². The first-order valence-corrected chi connectivity index (χ1v) is 10.7. The predicted octanol–water partition coefficient (Wildman–Crippen LogP) is 3.87. The third kappa shape index (κ3) is 5.59. The Kier molecular flexibility index (Phi) is 6.95. The molecule has 5 heteroatoms. The van der Waals surface area contributed by atoms with E-state index in [1.165, 1.54) is 0 Å². The van der Waals surface area contributed by atoms with Gasteiger partial charge in [-0.05, 0) is 23.6 Å². The minimum Gasteiger partial charge on any atom is -0.492 e. The molecule has 1 amide bonds. The van der Waals surface area contributed by atoms with Crippen LogP contribution in [0.5, 0.6) is 5.75 Å². The van der Waals surface area contributed by atoms with Crippen molar-refractivity contribution < 1.29 is 9.53 Å². The number of ether oxygens (including phenoxy) is 1. The minimum atomic E-state index is 0.0741. The average Bonchev–Trinajstić information content (AvgIpc) is 2.79. The first kappa shape index (κ1) is 20.4. The molecule has 1 aliphatic rings. The highest BCUT2D eigenvalue weighted by Crippen LogP contribution is 2.23. The molecule has 1 saturated heterocycles. The van der Waals surface area contributed by atoms with E-state index in [4.69, 9.17) is 4.74 Å². The van der Waals surface area contributed by atoms with Crippen LogP contribution < -0.4 is 10.1 Å². The third-order valence-corrected chi connectivity index (χ3v) is 5.60. The van der Waals surface area contributed by atoms with Crippen molar-refractivity contribution >= 4 is 22.4 Å². The molecule has 0 saturated carbocycles. The Balaban J connectivity index is 1.16. The number of piperazine rings is 1. The molecule has 1 aliphatic heterocycles. The van der Waals surface area contributed by atoms with E-state index in [-0.39, 0.29) is 5.91 Å². The van der Waals surface area contributed by atoms with Gasteiger partial charge in [0.05, 0.1) is 0 Å². The third-order valence-electron chi connectivity index (χ3n) is 5.60. The zero-order chi connectivity index (χ0) is 20.6. The van der Waals surface area contributed by atoms with Gasteiger partial charge in [0.15, 0.2) is 0 Å². The van der Waals surface area contributed by atoms with E-state index >= 15 is 0 Å². The second kappa shape index (κ2) is 10.2. The van der Waals surface area contributed by atoms with E-state index in [0.717, 1.165) is 61.5 Å². The molecular formula is C25H29N3O2. The summed E-state index contributed by atoms with van der Waals surface area (Å²) in [5.41, 5.74) is 0.890. The molecule has 156 valence electrons. The first-order chi connectivity index (χ1) is 14.8. The van der Waals surface area contributed by atoms with Gasteiger partial charge >= 0.3 is 0 Å². The maximum atomic E-state index is 12.5. The Morgan fingerprint density at radius 1 is 0.800 bits per heavy atom. The summed E-state index contributed by atoms with van der Waals surface area (Å²) in [7, 11) is 0. The molecule has 5 nitrogen and oxygen atoms in total. The lowest BCUT2D eigenvalue weighted by atomic mass is 10.1. The molecule has 0 atom stereocenters. The van der Waals surface area contributed by atoms with Gasteiger partial charge in [0.2, 0.25) is 5.91 Å². The van der Waals surface area contributed by atoms with Crippen LogP contribution in [-0.2, 0) is 4.79 Å². The Hall–Kier alpha value is -2.89. The van der Waals surface area contributed by atoms with Gasteiger partial charge in [0.25, 0.3) is 0 Å². The number of hydrogen-bond acceptors (Lipinski definition) is 4. The predicted molar refractivity (Wildman–Crippen MR) is 122 cm³/mol. The van der Waals surface area contributed by atoms with Crippen LogP contribution in [0.25, 0.3) is 10.8 Å². The molecule has 30 heavy (non-hydrogen) atoms. The van der Waals surface area contributed by atoms with Gasteiger partial charge in [-0.15, -0.1) is 0 Å². The van der Waals surface area contributed by atoms with Crippen LogP contribution in [0.4, 0.5) is 5.69 Å². The van der Waals surface area contributed by atoms with Crippen molar-refractivity contribution in [1.29, 1.82) is 0 Å². The number of rotatable bonds is 8. The summed E-state index contributed by atoms with van der Waals surface area (Å²) in [4.78, 5) is 17.3. The van der Waals surface area contributed by atoms with Crippen LogP contribution in [0.1, 0.15) is 6.42 Å². The fraction of sp³-hybridized carbons (Fsp3) is 0.320. The summed E-state index contributed by atoms with van der Waals surface area (Å²) < 4.78 is 5.79. The van der Waals surface area contributed by atoms with Crippen molar-refractivity contribution in [1.82, 2.24) is 9.80 Å². The number of para-hydroxylation sites is 1. The summed E-state index contributed by atoms with van der Waals surface area (Å²) in [6, 6.07) is 24.1. The normalized spacial score (nSPS) is 15.2. The standard InChI is InChI=1S/C25H29N3O2/c29-25(26-24-12-6-8-21-7-4-5-11-23(21)24)13-14-27-15-17-28(18-16-27)19-20-30-22-9-2-1-3-10-22/h1-12H,13-20H2,(H,26,29). The molecule has 0 aliphatic carbocycles. The van der Waals surface area contributed by atoms with Crippen LogP contribution in [0.2, 0.25) is 0 Å². The molecule has 0 radical (unpaired) electrons. The van der Waals surface area contributed by atoms with Crippen LogP contribution in [-0.4, -0.2) is 61.6 Å². The zero-order valence-electron chi connectivity index (χ0n) is 17.3. The molecule has 0 aromatic heterocycles. The second-order valence-electron chi connectivity index (χ2n) is 7.67. The van der Waals surface area contributed by atoms with Crippen LogP contribution in [0.3, 0.4) is 0 Å². The lowest BCUT2D eigenvalue weighted by Crippen LogP contribution is -2.48. The number of benzene rings is 3. The number of carbonyl (C=O) groups is 1. The van der Waals surface area contributed by atoms with Crippen molar-refractivity contribution in [3.63, 3.8) is 0 Å². The van der Waals surface area contributed by atoms with Crippen molar-refractivity contribution in [2.24, 2.45) is 0 Å². The maximum absolute atomic E-state index is 12.5. The molecule has 1 heterocycles. The van der Waals surface area contributed by atoms with Gasteiger partial charge in [-0.3, -0.25) is 9.69 Å². The molecule has 0 unspecified atom stereocenters. The zero-order valence-corrected chi connectivity index (χ0v) is 17.3. The Labute approximate surface area is 178 Å². The highest BCUT2D eigenvalue weighted by Gasteiger charge is 2.17. The van der Waals surface area contributed by atoms with Crippen molar-refractivity contribution in [3.8, 4) is 5.75 Å². The minimum absolute atomic E-state index is 0.0741. The van der Waals surface area contributed by atoms with E-state index < -0.39 is 0 Å². The van der Waals surface area contributed by atoms with E-state index in [1.807, 2.05) is 60.7 Å². The molecular weight excluding hydrogens is 374 g/mol. The fourth-order valence-electron chi connectivity index (χ4n) is 3.85. The quantitative estimate of drug-likeness (QED) is 0.620. The summed E-state index contributed by atoms with van der Waals surface area (Å²) in [6.07, 6.45) is 0.514. The van der Waals surface area contributed by atoms with Crippen LogP contribution in [0.15, 0.2) is 72.8 Å². The van der Waals surface area contributed by atoms with Crippen LogP contribution >= 0.6 is 0 Å². The number of fused-ring (bicyclic) bond motifs is 1. The monoisotopic (exact) mass is 403 g/mol. The number of anilines is 1. The summed E-state index contributed by atoms with van der Waals surface area (Å²) in [5.74, 6) is 0.999. The smallest absolute Gasteiger partial charge is 0.225 e. The van der Waals surface area contributed by atoms with Gasteiger partial charge in [-0.1, -0.05) is 54.6 Å². The lowest BCUT2D eigenvalue weighted by Gasteiger charge is -2.34. The number of nitrogens with zero attached hydrogens (tertiary/aromatic N) is 2. The molecule has 0 bridgehead atoms. The van der Waals surface area contributed by atoms with Gasteiger partial charge in [0.1, 0.15) is 12.4 Å². The highest BCUT2D eigenvalue weighted by atomic mass is 16.5. The van der Waals surface area contributed by atoms with Crippen molar-refractivity contribution in [2.45, 2.75) is 6.42 Å². The van der Waals surface area contributed by atoms with Gasteiger partial charge in [0, 0.05) is 56.8 Å². The fourth-order valence-corrected chi connectivity index (χ4v) is 3.85. The molecule has 1 fully saturated rings. The largest absolute Gasteiger partial charge is 0.492 e. The molecule has 0 spiro atoms. The molecule has 4 rings (SSSR count). The number of hydrogen-bond donors (Lipinski definition) is 1. The first-order valence-electron chi connectivity index (χ1n) is 10.7. The second-order valence-corrected chi connectivity index (χ2v) is 7.67. The Bertz CT molecular complexity index is 948. The molecule has 1 N–H and O–H groups in total.